The van der Waals surface area contributed by atoms with Gasteiger partial charge in [-0.3, -0.25) is 37.3 Å². The standard InChI is InChI=1S/C78H152O17P2/c1-6-10-13-16-19-21-23-25-27-29-31-32-34-36-38-40-42-44-47-53-58-63-77(82)94-73(68-89-76(81)62-57-52-46-43-41-39-37-35-33-30-28-26-24-22-20-17-14-11-7-2)69-92-96(84,85)90-65-72(79)66-91-97(86,87)93-70-74(67-88-75(80)61-56-51-45-18-15-12-8-3)95-78(83)64-59-54-49-48-50-55-60-71(5)9-4/h71-74,79H,6-70H2,1-5H3,(H,84,85)(H,86,87)/t71?,72-,73-,74-/m1/s1. The lowest BCUT2D eigenvalue weighted by atomic mass is 10.00. The smallest absolute Gasteiger partial charge is 0.462 e. The Morgan fingerprint density at radius 1 is 0.289 bits per heavy atom. The number of aliphatic hydroxyl groups excluding tert-OH is 1. The number of carbonyl (C=O) groups is 4. The van der Waals surface area contributed by atoms with Gasteiger partial charge in [-0.1, -0.05) is 362 Å². The van der Waals surface area contributed by atoms with E-state index in [-0.39, 0.29) is 25.7 Å². The van der Waals surface area contributed by atoms with E-state index < -0.39 is 97.5 Å². The van der Waals surface area contributed by atoms with Crippen molar-refractivity contribution < 1.29 is 80.2 Å². The van der Waals surface area contributed by atoms with E-state index in [1.54, 1.807) is 0 Å². The molecule has 97 heavy (non-hydrogen) atoms. The van der Waals surface area contributed by atoms with Gasteiger partial charge in [-0.2, -0.15) is 0 Å². The SMILES string of the molecule is CCCCCCCCCCCCCCCCCCCCCCCC(=O)O[C@H](COC(=O)CCCCCCCCCCCCCCCCCCCCC)COP(=O)(O)OC[C@@H](O)COP(=O)(O)OC[C@@H](COC(=O)CCCCCCCCC)OC(=O)CCCCCCCCC(C)CC. The molecule has 3 unspecified atom stereocenters. The average Bonchev–Trinajstić information content (AvgIpc) is 1.79. The molecule has 0 saturated carbocycles. The van der Waals surface area contributed by atoms with Gasteiger partial charge in [0.1, 0.15) is 19.3 Å². The first-order valence-corrected chi connectivity index (χ1v) is 43.7. The fourth-order valence-electron chi connectivity index (χ4n) is 12.0. The normalized spacial score (nSPS) is 14.2. The summed E-state index contributed by atoms with van der Waals surface area (Å²) < 4.78 is 68.4. The summed E-state index contributed by atoms with van der Waals surface area (Å²) in [6.45, 7) is 7.20. The molecule has 0 spiro atoms. The summed E-state index contributed by atoms with van der Waals surface area (Å²) in [5.41, 5.74) is 0. The van der Waals surface area contributed by atoms with Crippen molar-refractivity contribution in [2.45, 2.75) is 432 Å². The maximum absolute atomic E-state index is 13.1. The number of hydrogen-bond acceptors (Lipinski definition) is 15. The van der Waals surface area contributed by atoms with E-state index in [0.29, 0.717) is 25.7 Å². The third-order valence-electron chi connectivity index (χ3n) is 18.6. The minimum absolute atomic E-state index is 0.103. The highest BCUT2D eigenvalue weighted by Crippen LogP contribution is 2.45. The van der Waals surface area contributed by atoms with E-state index in [0.717, 1.165) is 109 Å². The van der Waals surface area contributed by atoms with Crippen molar-refractivity contribution in [1.29, 1.82) is 0 Å². The van der Waals surface area contributed by atoms with Gasteiger partial charge in [0, 0.05) is 25.7 Å². The highest BCUT2D eigenvalue weighted by molar-refractivity contribution is 7.47. The van der Waals surface area contributed by atoms with Crippen molar-refractivity contribution in [3.05, 3.63) is 0 Å². The van der Waals surface area contributed by atoms with Gasteiger partial charge in [0.05, 0.1) is 26.4 Å². The van der Waals surface area contributed by atoms with E-state index in [2.05, 4.69) is 34.6 Å². The maximum atomic E-state index is 13.1. The Hall–Kier alpha value is -1.94. The van der Waals surface area contributed by atoms with E-state index in [4.69, 9.17) is 37.0 Å². The first-order valence-electron chi connectivity index (χ1n) is 40.7. The van der Waals surface area contributed by atoms with E-state index in [9.17, 15) is 43.2 Å². The first-order chi connectivity index (χ1) is 47.1. The zero-order chi connectivity index (χ0) is 71.2. The maximum Gasteiger partial charge on any atom is 0.472 e. The summed E-state index contributed by atoms with van der Waals surface area (Å²) >= 11 is 0. The summed E-state index contributed by atoms with van der Waals surface area (Å²) in [6.07, 6.45) is 61.5. The Bertz CT molecular complexity index is 1860. The molecule has 0 aromatic carbocycles. The van der Waals surface area contributed by atoms with Crippen LogP contribution in [0, 0.1) is 5.92 Å². The van der Waals surface area contributed by atoms with Gasteiger partial charge in [0.25, 0.3) is 0 Å². The zero-order valence-corrected chi connectivity index (χ0v) is 65.0. The van der Waals surface area contributed by atoms with E-state index >= 15 is 0 Å². The molecule has 0 fully saturated rings. The second-order valence-electron chi connectivity index (χ2n) is 28.3. The van der Waals surface area contributed by atoms with Crippen molar-refractivity contribution in [1.82, 2.24) is 0 Å². The van der Waals surface area contributed by atoms with Crippen LogP contribution in [0.3, 0.4) is 0 Å². The van der Waals surface area contributed by atoms with Crippen LogP contribution in [-0.4, -0.2) is 96.7 Å². The van der Waals surface area contributed by atoms with Gasteiger partial charge >= 0.3 is 39.5 Å². The van der Waals surface area contributed by atoms with Gasteiger partial charge in [-0.05, 0) is 31.6 Å². The quantitative estimate of drug-likeness (QED) is 0.0222. The molecule has 6 atom stereocenters. The fraction of sp³-hybridized carbons (Fsp3) is 0.949. The number of rotatable bonds is 78. The highest BCUT2D eigenvalue weighted by Gasteiger charge is 2.30. The third-order valence-corrected chi connectivity index (χ3v) is 20.5. The molecule has 0 aromatic heterocycles. The molecule has 0 aliphatic heterocycles. The summed E-state index contributed by atoms with van der Waals surface area (Å²) in [5.74, 6) is -1.40. The van der Waals surface area contributed by atoms with Crippen LogP contribution in [-0.2, 0) is 65.4 Å². The van der Waals surface area contributed by atoms with Gasteiger partial charge in [0.2, 0.25) is 0 Å². The molecular formula is C78H152O17P2. The lowest BCUT2D eigenvalue weighted by molar-refractivity contribution is -0.161. The summed E-state index contributed by atoms with van der Waals surface area (Å²) in [7, 11) is -9.91. The van der Waals surface area contributed by atoms with Crippen LogP contribution in [0.15, 0.2) is 0 Å². The Kier molecular flexibility index (Phi) is 69.6. The van der Waals surface area contributed by atoms with Crippen LogP contribution >= 0.6 is 15.6 Å². The van der Waals surface area contributed by atoms with Crippen molar-refractivity contribution >= 4 is 39.5 Å². The molecule has 0 bridgehead atoms. The number of aliphatic hydroxyl groups is 1. The van der Waals surface area contributed by atoms with Gasteiger partial charge in [-0.25, -0.2) is 9.13 Å². The molecule has 17 nitrogen and oxygen atoms in total. The molecular weight excluding hydrogens is 1270 g/mol. The largest absolute Gasteiger partial charge is 0.472 e. The Labute approximate surface area is 594 Å². The van der Waals surface area contributed by atoms with Crippen LogP contribution in [0.1, 0.15) is 413 Å². The molecule has 0 aromatic rings. The second-order valence-corrected chi connectivity index (χ2v) is 31.3. The fourth-order valence-corrected chi connectivity index (χ4v) is 13.6. The van der Waals surface area contributed by atoms with Crippen LogP contribution in [0.2, 0.25) is 0 Å². The average molecular weight is 1420 g/mol. The predicted octanol–water partition coefficient (Wildman–Crippen LogP) is 23.3. The Morgan fingerprint density at radius 3 is 0.732 bits per heavy atom. The minimum atomic E-state index is -4.96. The van der Waals surface area contributed by atoms with E-state index in [1.165, 1.54) is 225 Å². The predicted molar refractivity (Wildman–Crippen MR) is 395 cm³/mol. The molecule has 0 heterocycles. The van der Waals surface area contributed by atoms with Crippen molar-refractivity contribution in [3.63, 3.8) is 0 Å². The molecule has 0 rings (SSSR count). The Morgan fingerprint density at radius 2 is 0.495 bits per heavy atom. The summed E-state index contributed by atoms with van der Waals surface area (Å²) in [6, 6.07) is 0. The lowest BCUT2D eigenvalue weighted by Crippen LogP contribution is -2.30. The van der Waals surface area contributed by atoms with Gasteiger partial charge < -0.3 is 33.8 Å². The lowest BCUT2D eigenvalue weighted by Gasteiger charge is -2.21. The first kappa shape index (κ1) is 95.1. The van der Waals surface area contributed by atoms with Crippen LogP contribution in [0.5, 0.6) is 0 Å². The summed E-state index contributed by atoms with van der Waals surface area (Å²) in [4.78, 5) is 72.7. The molecule has 576 valence electrons. The molecule has 0 amide bonds. The zero-order valence-electron chi connectivity index (χ0n) is 63.2. The van der Waals surface area contributed by atoms with Crippen LogP contribution < -0.4 is 0 Å². The van der Waals surface area contributed by atoms with Crippen molar-refractivity contribution in [2.24, 2.45) is 5.92 Å². The topological polar surface area (TPSA) is 237 Å². The number of carbonyl (C=O) groups excluding carboxylic acids is 4. The molecule has 0 aliphatic carbocycles. The Balaban J connectivity index is 5.14. The molecule has 0 radical (unpaired) electrons. The van der Waals surface area contributed by atoms with E-state index in [1.807, 2.05) is 0 Å². The van der Waals surface area contributed by atoms with Gasteiger partial charge in [0.15, 0.2) is 12.2 Å². The number of hydrogen-bond donors (Lipinski definition) is 3. The number of ether oxygens (including phenoxy) is 4. The third kappa shape index (κ3) is 70.9. The molecule has 3 N–H and O–H groups in total. The highest BCUT2D eigenvalue weighted by atomic mass is 31.2. The number of phosphoric ester groups is 2. The minimum Gasteiger partial charge on any atom is -0.462 e. The van der Waals surface area contributed by atoms with Gasteiger partial charge in [-0.15, -0.1) is 0 Å². The second kappa shape index (κ2) is 71.1. The van der Waals surface area contributed by atoms with Crippen LogP contribution in [0.25, 0.3) is 0 Å². The molecule has 0 saturated heterocycles. The number of phosphoric acid groups is 2. The molecule has 19 heteroatoms. The molecule has 0 aliphatic rings. The number of unbranched alkanes of at least 4 members (excludes halogenated alkanes) is 49. The van der Waals surface area contributed by atoms with Crippen molar-refractivity contribution in [2.75, 3.05) is 39.6 Å². The monoisotopic (exact) mass is 1420 g/mol. The van der Waals surface area contributed by atoms with Crippen LogP contribution in [0.4, 0.5) is 0 Å². The van der Waals surface area contributed by atoms with Crippen molar-refractivity contribution in [3.8, 4) is 0 Å². The number of esters is 4. The summed E-state index contributed by atoms with van der Waals surface area (Å²) in [5, 5.41) is 10.6.